The smallest absolute Gasteiger partial charge is 0.175 e. The van der Waals surface area contributed by atoms with Crippen LogP contribution in [0.5, 0.6) is 11.5 Å². The zero-order chi connectivity index (χ0) is 11.6. The van der Waals surface area contributed by atoms with Crippen LogP contribution in [0.2, 0.25) is 0 Å². The van der Waals surface area contributed by atoms with Gasteiger partial charge in [0.05, 0.1) is 24.3 Å². The van der Waals surface area contributed by atoms with E-state index >= 15 is 0 Å². The van der Waals surface area contributed by atoms with Crippen LogP contribution in [0.25, 0.3) is 0 Å². The van der Waals surface area contributed by atoms with Gasteiger partial charge in [0.15, 0.2) is 17.3 Å². The molecule has 0 amide bonds. The summed E-state index contributed by atoms with van der Waals surface area (Å²) in [5.41, 5.74) is -0.0346. The van der Waals surface area contributed by atoms with Crippen LogP contribution in [0.1, 0.15) is 17.3 Å². The summed E-state index contributed by atoms with van der Waals surface area (Å²) < 4.78 is 23.7. The molecular weight excluding hydrogens is 267 g/mol. The number of Topliss-reactive ketones (excluding diaryl/α,β-unsaturated/α-hetero) is 1. The molecule has 0 fully saturated rings. The predicted molar refractivity (Wildman–Crippen MR) is 57.2 cm³/mol. The molecule has 82 valence electrons. The van der Waals surface area contributed by atoms with Gasteiger partial charge in [0.25, 0.3) is 0 Å². The Balaban J connectivity index is 3.51. The lowest BCUT2D eigenvalue weighted by atomic mass is 10.1. The summed E-state index contributed by atoms with van der Waals surface area (Å²) in [5, 5.41) is 0. The molecule has 0 spiro atoms. The Morgan fingerprint density at radius 2 is 2.00 bits per heavy atom. The first-order valence-corrected chi connectivity index (χ1v) is 4.93. The van der Waals surface area contributed by atoms with E-state index in [1.54, 1.807) is 0 Å². The van der Waals surface area contributed by atoms with Crippen molar-refractivity contribution in [3.63, 3.8) is 0 Å². The van der Waals surface area contributed by atoms with Crippen LogP contribution in [0.3, 0.4) is 0 Å². The summed E-state index contributed by atoms with van der Waals surface area (Å²) >= 11 is 3.12. The van der Waals surface area contributed by atoms with Crippen molar-refractivity contribution in [2.24, 2.45) is 0 Å². The number of carbonyl (C=O) groups excluding carboxylic acids is 1. The van der Waals surface area contributed by atoms with Crippen molar-refractivity contribution >= 4 is 21.7 Å². The number of methoxy groups -OCH3 is 2. The number of carbonyl (C=O) groups is 1. The van der Waals surface area contributed by atoms with Crippen LogP contribution >= 0.6 is 15.9 Å². The second kappa shape index (κ2) is 4.61. The predicted octanol–water partition coefficient (Wildman–Crippen LogP) is 2.81. The Bertz CT molecular complexity index is 404. The third kappa shape index (κ3) is 2.12. The first-order valence-electron chi connectivity index (χ1n) is 4.13. The van der Waals surface area contributed by atoms with Crippen LogP contribution < -0.4 is 9.47 Å². The fraction of sp³-hybridized carbons (Fsp3) is 0.300. The zero-order valence-electron chi connectivity index (χ0n) is 8.56. The molecule has 0 heterocycles. The van der Waals surface area contributed by atoms with Crippen LogP contribution in [0.4, 0.5) is 4.39 Å². The second-order valence-electron chi connectivity index (χ2n) is 2.84. The van der Waals surface area contributed by atoms with Crippen molar-refractivity contribution in [2.45, 2.75) is 6.92 Å². The molecule has 0 bridgehead atoms. The highest BCUT2D eigenvalue weighted by Gasteiger charge is 2.20. The molecule has 0 aromatic heterocycles. The van der Waals surface area contributed by atoms with Gasteiger partial charge in [-0.05, 0) is 22.9 Å². The Morgan fingerprint density at radius 3 is 2.40 bits per heavy atom. The Labute approximate surface area is 95.3 Å². The summed E-state index contributed by atoms with van der Waals surface area (Å²) in [6.07, 6.45) is 0. The zero-order valence-corrected chi connectivity index (χ0v) is 10.1. The number of rotatable bonds is 3. The van der Waals surface area contributed by atoms with Crippen LogP contribution in [-0.4, -0.2) is 20.0 Å². The molecule has 0 atom stereocenters. The first kappa shape index (κ1) is 12.0. The van der Waals surface area contributed by atoms with Crippen LogP contribution in [-0.2, 0) is 0 Å². The monoisotopic (exact) mass is 276 g/mol. The van der Waals surface area contributed by atoms with Crippen molar-refractivity contribution in [1.29, 1.82) is 0 Å². The Hall–Kier alpha value is -1.10. The quantitative estimate of drug-likeness (QED) is 0.797. The van der Waals surface area contributed by atoms with Gasteiger partial charge < -0.3 is 9.47 Å². The maximum absolute atomic E-state index is 13.5. The van der Waals surface area contributed by atoms with Crippen molar-refractivity contribution in [2.75, 3.05) is 14.2 Å². The minimum absolute atomic E-state index is 0.0346. The van der Waals surface area contributed by atoms with Gasteiger partial charge in [-0.1, -0.05) is 0 Å². The molecule has 0 aliphatic rings. The summed E-state index contributed by atoms with van der Waals surface area (Å²) in [6.45, 7) is 1.29. The number of hydrogen-bond donors (Lipinski definition) is 0. The molecule has 0 aliphatic carbocycles. The molecule has 0 saturated carbocycles. The summed E-state index contributed by atoms with van der Waals surface area (Å²) in [7, 11) is 2.82. The van der Waals surface area contributed by atoms with Gasteiger partial charge in [0, 0.05) is 6.07 Å². The molecule has 5 heteroatoms. The minimum Gasteiger partial charge on any atom is -0.493 e. The lowest BCUT2D eigenvalue weighted by Crippen LogP contribution is -2.02. The van der Waals surface area contributed by atoms with E-state index in [9.17, 15) is 9.18 Å². The maximum atomic E-state index is 13.5. The van der Waals surface area contributed by atoms with Gasteiger partial charge in [-0.25, -0.2) is 4.39 Å². The van der Waals surface area contributed by atoms with Crippen molar-refractivity contribution < 1.29 is 18.7 Å². The molecule has 0 N–H and O–H groups in total. The molecule has 0 radical (unpaired) electrons. The number of ether oxygens (including phenoxy) is 2. The van der Waals surface area contributed by atoms with E-state index in [4.69, 9.17) is 9.47 Å². The van der Waals surface area contributed by atoms with Crippen LogP contribution in [0.15, 0.2) is 10.5 Å². The van der Waals surface area contributed by atoms with E-state index in [2.05, 4.69) is 15.9 Å². The average molecular weight is 277 g/mol. The number of benzene rings is 1. The molecular formula is C10H10BrFO3. The standard InChI is InChI=1S/C10H10BrFO3/c1-5(13)8-6(12)4-7(14-2)10(15-3)9(8)11/h4H,1-3H3. The van der Waals surface area contributed by atoms with Crippen LogP contribution in [0, 0.1) is 5.82 Å². The number of hydrogen-bond acceptors (Lipinski definition) is 3. The number of halogens is 2. The highest BCUT2D eigenvalue weighted by molar-refractivity contribution is 9.10. The Kier molecular flexibility index (Phi) is 3.68. The molecule has 0 aliphatic heterocycles. The van der Waals surface area contributed by atoms with Gasteiger partial charge >= 0.3 is 0 Å². The molecule has 15 heavy (non-hydrogen) atoms. The normalized spacial score (nSPS) is 9.93. The van der Waals surface area contributed by atoms with Gasteiger partial charge in [-0.15, -0.1) is 0 Å². The fourth-order valence-corrected chi connectivity index (χ4v) is 2.07. The van der Waals surface area contributed by atoms with E-state index in [1.807, 2.05) is 0 Å². The van der Waals surface area contributed by atoms with Gasteiger partial charge in [0.2, 0.25) is 0 Å². The summed E-state index contributed by atoms with van der Waals surface area (Å²) in [5.74, 6) is -0.455. The second-order valence-corrected chi connectivity index (χ2v) is 3.63. The lowest BCUT2D eigenvalue weighted by Gasteiger charge is -2.12. The molecule has 1 aromatic rings. The number of ketones is 1. The van der Waals surface area contributed by atoms with Gasteiger partial charge in [0.1, 0.15) is 5.82 Å². The summed E-state index contributed by atoms with van der Waals surface area (Å²) in [4.78, 5) is 11.2. The third-order valence-corrected chi connectivity index (χ3v) is 2.67. The molecule has 1 rings (SSSR count). The largest absolute Gasteiger partial charge is 0.493 e. The van der Waals surface area contributed by atoms with Crippen molar-refractivity contribution in [3.8, 4) is 11.5 Å². The maximum Gasteiger partial charge on any atom is 0.175 e. The molecule has 1 aromatic carbocycles. The lowest BCUT2D eigenvalue weighted by molar-refractivity contribution is 0.101. The van der Waals surface area contributed by atoms with E-state index in [1.165, 1.54) is 21.1 Å². The minimum atomic E-state index is -0.632. The Morgan fingerprint density at radius 1 is 1.40 bits per heavy atom. The topological polar surface area (TPSA) is 35.5 Å². The first-order chi connectivity index (χ1) is 7.02. The third-order valence-electron chi connectivity index (χ3n) is 1.92. The molecule has 3 nitrogen and oxygen atoms in total. The SMILES string of the molecule is COc1cc(F)c(C(C)=O)c(Br)c1OC. The molecule has 0 unspecified atom stereocenters. The van der Waals surface area contributed by atoms with E-state index in [-0.39, 0.29) is 21.6 Å². The van der Waals surface area contributed by atoms with E-state index < -0.39 is 5.82 Å². The summed E-state index contributed by atoms with van der Waals surface area (Å²) in [6, 6.07) is 1.13. The van der Waals surface area contributed by atoms with Gasteiger partial charge in [-0.2, -0.15) is 0 Å². The fourth-order valence-electron chi connectivity index (χ4n) is 1.24. The average Bonchev–Trinajstić information content (AvgIpc) is 2.16. The van der Waals surface area contributed by atoms with Crippen molar-refractivity contribution in [1.82, 2.24) is 0 Å². The van der Waals surface area contributed by atoms with E-state index in [0.717, 1.165) is 6.07 Å². The molecule has 0 saturated heterocycles. The highest BCUT2D eigenvalue weighted by atomic mass is 79.9. The van der Waals surface area contributed by atoms with E-state index in [0.29, 0.717) is 5.75 Å². The van der Waals surface area contributed by atoms with Gasteiger partial charge in [-0.3, -0.25) is 4.79 Å². The van der Waals surface area contributed by atoms with Crippen molar-refractivity contribution in [3.05, 3.63) is 21.9 Å². The highest BCUT2D eigenvalue weighted by Crippen LogP contribution is 2.39.